The van der Waals surface area contributed by atoms with Crippen molar-refractivity contribution in [1.29, 1.82) is 0 Å². The van der Waals surface area contributed by atoms with Gasteiger partial charge in [0.1, 0.15) is 6.67 Å². The van der Waals surface area contributed by atoms with Crippen molar-refractivity contribution in [3.05, 3.63) is 54.0 Å². The van der Waals surface area contributed by atoms with E-state index < -0.39 is 0 Å². The van der Waals surface area contributed by atoms with Crippen molar-refractivity contribution in [1.82, 2.24) is 4.90 Å². The molecule has 0 N–H and O–H groups in total. The van der Waals surface area contributed by atoms with Crippen LogP contribution in [0.4, 0.5) is 5.69 Å². The van der Waals surface area contributed by atoms with Crippen molar-refractivity contribution in [2.45, 2.75) is 38.3 Å². The third-order valence-corrected chi connectivity index (χ3v) is 6.01. The van der Waals surface area contributed by atoms with E-state index in [4.69, 9.17) is 0 Å². The van der Waals surface area contributed by atoms with Crippen molar-refractivity contribution < 1.29 is 0 Å². The smallest absolute Gasteiger partial charge is 0.169 e. The van der Waals surface area contributed by atoms with E-state index in [1.165, 1.54) is 17.7 Å². The fraction of sp³-hybridized carbons (Fsp3) is 0.474. The van der Waals surface area contributed by atoms with Crippen LogP contribution in [-0.2, 0) is 6.42 Å². The van der Waals surface area contributed by atoms with Crippen molar-refractivity contribution in [3.8, 4) is 0 Å². The van der Waals surface area contributed by atoms with Crippen LogP contribution in [0.2, 0.25) is 0 Å². The minimum absolute atomic E-state index is 0.524. The van der Waals surface area contributed by atoms with Gasteiger partial charge in [0.2, 0.25) is 0 Å². The van der Waals surface area contributed by atoms with Crippen LogP contribution in [0.1, 0.15) is 25.3 Å². The third-order valence-electron chi connectivity index (χ3n) is 6.01. The van der Waals surface area contributed by atoms with Gasteiger partial charge in [-0.25, -0.2) is 0 Å². The second kappa shape index (κ2) is 4.95. The molecule has 0 bridgehead atoms. The van der Waals surface area contributed by atoms with Crippen LogP contribution in [0, 0.1) is 11.8 Å². The molecule has 0 aromatic heterocycles. The number of allylic oxidation sites excluding steroid dienone is 1. The van der Waals surface area contributed by atoms with E-state index in [1.807, 2.05) is 0 Å². The van der Waals surface area contributed by atoms with Gasteiger partial charge in [0.25, 0.3) is 0 Å². The summed E-state index contributed by atoms with van der Waals surface area (Å²) in [7, 11) is 0. The number of hydrogen-bond acceptors (Lipinski definition) is 4. The lowest BCUT2D eigenvalue weighted by Crippen LogP contribution is -2.49. The molecule has 1 aromatic rings. The van der Waals surface area contributed by atoms with E-state index in [1.54, 1.807) is 0 Å². The molecular weight excluding hydrogens is 284 g/mol. The summed E-state index contributed by atoms with van der Waals surface area (Å²) in [5, 5.41) is 8.75. The van der Waals surface area contributed by atoms with Gasteiger partial charge in [-0.3, -0.25) is 0 Å². The van der Waals surface area contributed by atoms with Crippen molar-refractivity contribution >= 4 is 5.69 Å². The van der Waals surface area contributed by atoms with E-state index >= 15 is 0 Å². The number of rotatable bonds is 1. The maximum atomic E-state index is 4.44. The molecule has 3 aliphatic heterocycles. The molecule has 0 fully saturated rings. The fourth-order valence-corrected chi connectivity index (χ4v) is 4.97. The van der Waals surface area contributed by atoms with Crippen LogP contribution >= 0.6 is 0 Å². The van der Waals surface area contributed by atoms with E-state index in [0.29, 0.717) is 23.9 Å². The number of fused-ring (bicyclic) bond motifs is 7. The summed E-state index contributed by atoms with van der Waals surface area (Å²) < 4.78 is 0. The van der Waals surface area contributed by atoms with Crippen molar-refractivity contribution in [2.24, 2.45) is 22.1 Å². The van der Waals surface area contributed by atoms with Gasteiger partial charge in [-0.2, -0.15) is 5.11 Å². The average Bonchev–Trinajstić information content (AvgIpc) is 3.17. The molecule has 4 nitrogen and oxygen atoms in total. The fourth-order valence-electron chi connectivity index (χ4n) is 4.97. The van der Waals surface area contributed by atoms with Crippen LogP contribution in [0.5, 0.6) is 0 Å². The molecule has 0 amide bonds. The summed E-state index contributed by atoms with van der Waals surface area (Å²) in [5.41, 5.74) is 2.83. The summed E-state index contributed by atoms with van der Waals surface area (Å²) in [5.74, 6) is 2.32. The predicted molar refractivity (Wildman–Crippen MR) is 90.9 cm³/mol. The molecule has 4 heteroatoms. The molecule has 4 aliphatic rings. The summed E-state index contributed by atoms with van der Waals surface area (Å²) in [6, 6.07) is 9.91. The van der Waals surface area contributed by atoms with Gasteiger partial charge >= 0.3 is 0 Å². The topological polar surface area (TPSA) is 31.2 Å². The first-order chi connectivity index (χ1) is 11.4. The Labute approximate surface area is 137 Å². The number of para-hydroxylation sites is 1. The molecule has 23 heavy (non-hydrogen) atoms. The molecule has 0 radical (unpaired) electrons. The van der Waals surface area contributed by atoms with E-state index in [9.17, 15) is 0 Å². The highest BCUT2D eigenvalue weighted by Crippen LogP contribution is 2.46. The molecule has 1 aromatic carbocycles. The minimum atomic E-state index is 0.524. The Morgan fingerprint density at radius 3 is 3.04 bits per heavy atom. The highest BCUT2D eigenvalue weighted by atomic mass is 15.4. The van der Waals surface area contributed by atoms with Crippen LogP contribution < -0.4 is 4.90 Å². The normalized spacial score (nSPS) is 33.7. The van der Waals surface area contributed by atoms with Crippen molar-refractivity contribution in [2.75, 3.05) is 11.6 Å². The highest BCUT2D eigenvalue weighted by molar-refractivity contribution is 5.62. The summed E-state index contributed by atoms with van der Waals surface area (Å²) >= 11 is 0. The SMILES string of the molecule is CCC1C=CCC2C1C1Cc3ccccc3N1C=C1N=NCN12. The zero-order valence-corrected chi connectivity index (χ0v) is 13.5. The molecule has 118 valence electrons. The first-order valence-corrected chi connectivity index (χ1v) is 8.75. The number of azo groups is 1. The van der Waals surface area contributed by atoms with E-state index in [0.717, 1.165) is 25.3 Å². The van der Waals surface area contributed by atoms with Gasteiger partial charge < -0.3 is 9.80 Å². The first-order valence-electron chi connectivity index (χ1n) is 8.75. The Kier molecular flexibility index (Phi) is 2.87. The molecule has 4 atom stereocenters. The minimum Gasteiger partial charge on any atom is -0.340 e. The number of nitrogens with zero attached hydrogens (tertiary/aromatic N) is 4. The Morgan fingerprint density at radius 2 is 2.13 bits per heavy atom. The molecule has 1 aliphatic carbocycles. The maximum Gasteiger partial charge on any atom is 0.169 e. The molecule has 0 spiro atoms. The number of hydrogen-bond donors (Lipinski definition) is 0. The van der Waals surface area contributed by atoms with Gasteiger partial charge in [0, 0.05) is 29.9 Å². The van der Waals surface area contributed by atoms with Gasteiger partial charge in [-0.15, -0.1) is 5.11 Å². The van der Waals surface area contributed by atoms with Crippen LogP contribution in [0.3, 0.4) is 0 Å². The molecule has 0 saturated carbocycles. The summed E-state index contributed by atoms with van der Waals surface area (Å²) in [4.78, 5) is 4.92. The quantitative estimate of drug-likeness (QED) is 0.736. The van der Waals surface area contributed by atoms with Gasteiger partial charge in [0.05, 0.1) is 0 Å². The molecule has 3 heterocycles. The lowest BCUT2D eigenvalue weighted by Gasteiger charge is -2.42. The largest absolute Gasteiger partial charge is 0.340 e. The Morgan fingerprint density at radius 1 is 1.22 bits per heavy atom. The predicted octanol–water partition coefficient (Wildman–Crippen LogP) is 3.93. The second-order valence-corrected chi connectivity index (χ2v) is 7.03. The number of anilines is 1. The standard InChI is InChI=1S/C19H22N4/c1-2-13-7-5-9-16-19(13)17-10-14-6-3-4-8-15(14)22(17)11-18-21-20-12-23(16)18/h3-8,11,13,16-17,19H,2,9-10,12H2,1H3. The second-order valence-electron chi connectivity index (χ2n) is 7.03. The molecular formula is C19H22N4. The average molecular weight is 306 g/mol. The van der Waals surface area contributed by atoms with Crippen LogP contribution in [0.15, 0.2) is 58.7 Å². The van der Waals surface area contributed by atoms with E-state index in [2.05, 4.69) is 69.6 Å². The van der Waals surface area contributed by atoms with Gasteiger partial charge in [-0.05, 0) is 36.8 Å². The first kappa shape index (κ1) is 13.3. The molecule has 0 saturated heterocycles. The highest BCUT2D eigenvalue weighted by Gasteiger charge is 2.47. The zero-order chi connectivity index (χ0) is 15.4. The number of benzene rings is 1. The molecule has 5 rings (SSSR count). The van der Waals surface area contributed by atoms with Crippen LogP contribution in [0.25, 0.3) is 0 Å². The lowest BCUT2D eigenvalue weighted by molar-refractivity contribution is 0.143. The monoisotopic (exact) mass is 306 g/mol. The van der Waals surface area contributed by atoms with Crippen LogP contribution in [-0.4, -0.2) is 23.7 Å². The van der Waals surface area contributed by atoms with E-state index in [-0.39, 0.29) is 0 Å². The molecule has 4 unspecified atom stereocenters. The Hall–Kier alpha value is -2.10. The Balaban J connectivity index is 1.66. The van der Waals surface area contributed by atoms with Gasteiger partial charge in [0.15, 0.2) is 5.82 Å². The van der Waals surface area contributed by atoms with Gasteiger partial charge in [-0.1, -0.05) is 37.3 Å². The lowest BCUT2D eigenvalue weighted by atomic mass is 9.73. The van der Waals surface area contributed by atoms with Crippen molar-refractivity contribution in [3.63, 3.8) is 0 Å². The zero-order valence-electron chi connectivity index (χ0n) is 13.5. The Bertz CT molecular complexity index is 720. The third kappa shape index (κ3) is 1.84. The summed E-state index contributed by atoms with van der Waals surface area (Å²) in [6.07, 6.45) is 10.6. The summed E-state index contributed by atoms with van der Waals surface area (Å²) in [6.45, 7) is 3.04. The maximum absolute atomic E-state index is 4.44.